The van der Waals surface area contributed by atoms with Crippen LogP contribution >= 0.6 is 19.9 Å². The van der Waals surface area contributed by atoms with Crippen molar-refractivity contribution in [1.82, 2.24) is 14.5 Å². The fourth-order valence-electron chi connectivity index (χ4n) is 3.69. The van der Waals surface area contributed by atoms with Crippen LogP contribution in [-0.4, -0.2) is 19.4 Å². The van der Waals surface area contributed by atoms with E-state index in [2.05, 4.69) is 32.7 Å². The molecule has 0 bridgehead atoms. The lowest BCUT2D eigenvalue weighted by Gasteiger charge is -2.08. The van der Waals surface area contributed by atoms with Crippen molar-refractivity contribution in [2.24, 2.45) is 7.05 Å². The number of halogens is 1. The summed E-state index contributed by atoms with van der Waals surface area (Å²) in [5.74, 6) is 0.709. The summed E-state index contributed by atoms with van der Waals surface area (Å²) in [5.41, 5.74) is 5.19. The minimum Gasteiger partial charge on any atom is -0.426 e. The molecule has 3 aromatic carbocycles. The predicted octanol–water partition coefficient (Wildman–Crippen LogP) is 6.24. The van der Waals surface area contributed by atoms with Crippen LogP contribution in [0.25, 0.3) is 33.1 Å². The summed E-state index contributed by atoms with van der Waals surface area (Å²) in [6.45, 7) is 1.78. The third-order valence-corrected chi connectivity index (χ3v) is 6.02. The smallest absolute Gasteiger partial charge is 0.365 e. The van der Waals surface area contributed by atoms with E-state index in [9.17, 15) is 4.57 Å². The minimum atomic E-state index is -3.11. The van der Waals surface area contributed by atoms with Gasteiger partial charge >= 0.3 is 8.25 Å². The Balaban J connectivity index is 1.49. The van der Waals surface area contributed by atoms with Crippen LogP contribution in [0.2, 0.25) is 5.02 Å². The van der Waals surface area contributed by atoms with E-state index in [0.717, 1.165) is 33.1 Å². The van der Waals surface area contributed by atoms with E-state index in [0.29, 0.717) is 16.3 Å². The van der Waals surface area contributed by atoms with Gasteiger partial charge in [0.25, 0.3) is 6.01 Å². The molecule has 2 N–H and O–H groups in total. The van der Waals surface area contributed by atoms with Crippen molar-refractivity contribution in [3.63, 3.8) is 0 Å². The van der Waals surface area contributed by atoms with Crippen LogP contribution in [0.5, 0.6) is 17.5 Å². The van der Waals surface area contributed by atoms with Crippen LogP contribution in [-0.2, 0) is 11.6 Å². The lowest BCUT2D eigenvalue weighted by Crippen LogP contribution is -1.89. The van der Waals surface area contributed by atoms with Crippen molar-refractivity contribution in [3.8, 4) is 28.6 Å². The molecule has 5 aromatic rings. The van der Waals surface area contributed by atoms with Gasteiger partial charge in [-0.3, -0.25) is 0 Å². The van der Waals surface area contributed by atoms with E-state index >= 15 is 0 Å². The summed E-state index contributed by atoms with van der Waals surface area (Å²) in [7, 11) is -1.10. The second-order valence-corrected chi connectivity index (χ2v) is 8.63. The Labute approximate surface area is 189 Å². The maximum atomic E-state index is 11.1. The summed E-state index contributed by atoms with van der Waals surface area (Å²) in [6.07, 6.45) is 2.03. The molecule has 0 fully saturated rings. The quantitative estimate of drug-likeness (QED) is 0.299. The van der Waals surface area contributed by atoms with Crippen molar-refractivity contribution >= 4 is 41.8 Å². The molecular weight excluding hydrogens is 449 g/mol. The summed E-state index contributed by atoms with van der Waals surface area (Å²) in [5, 5.41) is 1.73. The zero-order valence-electron chi connectivity index (χ0n) is 17.2. The van der Waals surface area contributed by atoms with Crippen molar-refractivity contribution in [2.45, 2.75) is 6.92 Å². The van der Waals surface area contributed by atoms with Gasteiger partial charge in [0.2, 0.25) is 0 Å². The molecule has 1 unspecified atom stereocenters. The number of benzene rings is 3. The fourth-order valence-corrected chi connectivity index (χ4v) is 4.37. The second kappa shape index (κ2) is 8.02. The number of hydrogen-bond donors (Lipinski definition) is 2. The van der Waals surface area contributed by atoms with Crippen molar-refractivity contribution in [1.29, 1.82) is 0 Å². The largest absolute Gasteiger partial charge is 0.426 e. The fraction of sp³-hybridized carbons (Fsp3) is 0.0870. The number of H-pyrrole nitrogens is 1. The Morgan fingerprint density at radius 2 is 1.97 bits per heavy atom. The number of aromatic amines is 1. The number of rotatable bonds is 5. The van der Waals surface area contributed by atoms with Crippen LogP contribution in [0.15, 0.2) is 60.8 Å². The van der Waals surface area contributed by atoms with Gasteiger partial charge in [-0.25, -0.2) is 4.57 Å². The lowest BCUT2D eigenvalue weighted by atomic mass is 10.0. The summed E-state index contributed by atoms with van der Waals surface area (Å²) >= 11 is 6.59. The summed E-state index contributed by atoms with van der Waals surface area (Å²) in [4.78, 5) is 16.7. The normalized spacial score (nSPS) is 12.4. The van der Waals surface area contributed by atoms with E-state index in [1.807, 2.05) is 31.4 Å². The van der Waals surface area contributed by atoms with Crippen molar-refractivity contribution < 1.29 is 18.7 Å². The zero-order chi connectivity index (χ0) is 22.4. The average Bonchev–Trinajstić information content (AvgIpc) is 3.31. The summed E-state index contributed by atoms with van der Waals surface area (Å²) < 4.78 is 23.9. The molecule has 0 radical (unpaired) electrons. The molecule has 32 heavy (non-hydrogen) atoms. The number of aromatic nitrogens is 3. The van der Waals surface area contributed by atoms with Gasteiger partial charge in [0.15, 0.2) is 0 Å². The van der Waals surface area contributed by atoms with Gasteiger partial charge in [-0.1, -0.05) is 23.7 Å². The molecule has 2 heterocycles. The highest BCUT2D eigenvalue weighted by atomic mass is 35.5. The first-order valence-corrected chi connectivity index (χ1v) is 11.5. The Kier molecular flexibility index (Phi) is 5.18. The molecule has 0 amide bonds. The third kappa shape index (κ3) is 3.86. The maximum Gasteiger partial charge on any atom is 0.365 e. The highest BCUT2D eigenvalue weighted by Crippen LogP contribution is 2.35. The maximum absolute atomic E-state index is 11.1. The van der Waals surface area contributed by atoms with Crippen LogP contribution in [0.1, 0.15) is 5.56 Å². The van der Waals surface area contributed by atoms with Crippen molar-refractivity contribution in [3.05, 3.63) is 71.4 Å². The number of imidazole rings is 1. The molecule has 162 valence electrons. The van der Waals surface area contributed by atoms with E-state index in [1.54, 1.807) is 25.1 Å². The van der Waals surface area contributed by atoms with Gasteiger partial charge in [-0.2, -0.15) is 4.98 Å². The van der Waals surface area contributed by atoms with Gasteiger partial charge in [-0.05, 0) is 54.4 Å². The number of nitrogens with one attached hydrogen (secondary N) is 1. The zero-order valence-corrected chi connectivity index (χ0v) is 19.0. The van der Waals surface area contributed by atoms with Crippen LogP contribution in [0.3, 0.4) is 0 Å². The molecule has 2 aromatic heterocycles. The number of aryl methyl sites for hydroxylation is 2. The Hall–Kier alpha value is -3.25. The Morgan fingerprint density at radius 1 is 1.12 bits per heavy atom. The monoisotopic (exact) mass is 467 g/mol. The number of ether oxygens (including phenoxy) is 1. The van der Waals surface area contributed by atoms with E-state index < -0.39 is 8.25 Å². The van der Waals surface area contributed by atoms with Crippen molar-refractivity contribution in [2.75, 3.05) is 0 Å². The standard InChI is InChI=1S/C23H19ClN3O4P/c1-13-3-5-16(10-22(13)31-32(28)29)30-23-25-19-11-17(18(24)12-20(19)26-23)14-4-6-21-15(9-14)7-8-27(21)2/h3-12,32H,1-2H3,(H,25,26)(H,28,29). The lowest BCUT2D eigenvalue weighted by molar-refractivity contribution is 0.406. The third-order valence-electron chi connectivity index (χ3n) is 5.32. The first-order chi connectivity index (χ1) is 15.4. The number of fused-ring (bicyclic) bond motifs is 2. The number of nitrogens with zero attached hydrogens (tertiary/aromatic N) is 2. The van der Waals surface area contributed by atoms with E-state index in [4.69, 9.17) is 25.8 Å². The molecular formula is C23H19ClN3O4P. The highest BCUT2D eigenvalue weighted by molar-refractivity contribution is 7.32. The van der Waals surface area contributed by atoms with Gasteiger partial charge in [0.05, 0.1) is 16.1 Å². The molecule has 1 atom stereocenters. The molecule has 5 rings (SSSR count). The van der Waals surface area contributed by atoms with Crippen LogP contribution in [0.4, 0.5) is 0 Å². The van der Waals surface area contributed by atoms with Crippen LogP contribution < -0.4 is 9.26 Å². The topological polar surface area (TPSA) is 89.4 Å². The van der Waals surface area contributed by atoms with Gasteiger partial charge < -0.3 is 23.7 Å². The SMILES string of the molecule is Cc1ccc(Oc2nc3cc(-c4ccc5c(ccn5C)c4)c(Cl)cc3[nH]2)cc1O[PH](=O)O. The Bertz CT molecular complexity index is 1510. The van der Waals surface area contributed by atoms with E-state index in [-0.39, 0.29) is 11.8 Å². The molecule has 0 saturated heterocycles. The van der Waals surface area contributed by atoms with E-state index in [1.165, 1.54) is 0 Å². The first-order valence-electron chi connectivity index (χ1n) is 9.81. The van der Waals surface area contributed by atoms with Gasteiger partial charge in [-0.15, -0.1) is 0 Å². The van der Waals surface area contributed by atoms with Crippen LogP contribution in [0, 0.1) is 6.92 Å². The molecule has 0 aliphatic carbocycles. The summed E-state index contributed by atoms with van der Waals surface area (Å²) in [6, 6.07) is 17.3. The molecule has 0 aliphatic heterocycles. The highest BCUT2D eigenvalue weighted by Gasteiger charge is 2.13. The molecule has 0 saturated carbocycles. The molecule has 0 aliphatic rings. The second-order valence-electron chi connectivity index (χ2n) is 7.49. The Morgan fingerprint density at radius 3 is 2.78 bits per heavy atom. The number of hydrogen-bond acceptors (Lipinski definition) is 4. The predicted molar refractivity (Wildman–Crippen MR) is 126 cm³/mol. The van der Waals surface area contributed by atoms with Gasteiger partial charge in [0, 0.05) is 35.8 Å². The molecule has 9 heteroatoms. The minimum absolute atomic E-state index is 0.276. The average molecular weight is 468 g/mol. The molecule has 7 nitrogen and oxygen atoms in total. The first kappa shape index (κ1) is 20.6. The molecule has 0 spiro atoms. The van der Waals surface area contributed by atoms with Gasteiger partial charge in [0.1, 0.15) is 11.5 Å².